The van der Waals surface area contributed by atoms with Gasteiger partial charge in [-0.2, -0.15) is 13.2 Å². The van der Waals surface area contributed by atoms with Gasteiger partial charge in [-0.05, 0) is 73.7 Å². The Morgan fingerprint density at radius 3 is 2.23 bits per heavy atom. The lowest BCUT2D eigenvalue weighted by Crippen LogP contribution is -2.48. The summed E-state index contributed by atoms with van der Waals surface area (Å²) in [5.74, 6) is 0.506. The van der Waals surface area contributed by atoms with Gasteiger partial charge in [0.05, 0.1) is 38.3 Å². The molecule has 5 amide bonds. The molecule has 252 valence electrons. The van der Waals surface area contributed by atoms with Gasteiger partial charge in [0, 0.05) is 42.1 Å². The number of fused-ring (bicyclic) bond motifs is 1. The lowest BCUT2D eigenvalue weighted by atomic mass is 10.0. The minimum absolute atomic E-state index is 0.0943. The zero-order valence-electron chi connectivity index (χ0n) is 26.4. The number of hydrogen-bond acceptors (Lipinski definition) is 6. The number of amides is 5. The van der Waals surface area contributed by atoms with E-state index in [1.54, 1.807) is 68.4 Å². The number of aliphatic hydroxyl groups excluding tert-OH is 1. The molecule has 0 saturated carbocycles. The van der Waals surface area contributed by atoms with E-state index >= 15 is 0 Å². The van der Waals surface area contributed by atoms with E-state index < -0.39 is 29.9 Å². The second-order valence-electron chi connectivity index (χ2n) is 11.4. The van der Waals surface area contributed by atoms with Gasteiger partial charge in [-0.3, -0.25) is 4.79 Å². The summed E-state index contributed by atoms with van der Waals surface area (Å²) in [7, 11) is 3.18. The van der Waals surface area contributed by atoms with E-state index in [1.807, 2.05) is 6.92 Å². The quantitative estimate of drug-likeness (QED) is 0.247. The van der Waals surface area contributed by atoms with Crippen molar-refractivity contribution < 1.29 is 42.1 Å². The summed E-state index contributed by atoms with van der Waals surface area (Å²) in [4.78, 5) is 42.3. The smallest absolute Gasteiger partial charge is 0.416 e. The number of carbonyl (C=O) groups is 3. The van der Waals surface area contributed by atoms with Crippen LogP contribution in [0.25, 0.3) is 0 Å². The topological polar surface area (TPSA) is 132 Å². The van der Waals surface area contributed by atoms with Crippen molar-refractivity contribution >= 4 is 35.0 Å². The van der Waals surface area contributed by atoms with Crippen molar-refractivity contribution in [3.8, 4) is 11.5 Å². The number of alkyl halides is 3. The molecule has 4 rings (SSSR count). The fourth-order valence-corrected chi connectivity index (χ4v) is 5.01. The molecule has 0 aliphatic carbocycles. The van der Waals surface area contributed by atoms with Crippen molar-refractivity contribution in [3.05, 3.63) is 77.9 Å². The summed E-state index contributed by atoms with van der Waals surface area (Å²) in [5, 5.41) is 17.8. The van der Waals surface area contributed by atoms with Crippen LogP contribution in [0.4, 0.5) is 39.8 Å². The number of benzene rings is 3. The maximum absolute atomic E-state index is 13.5. The van der Waals surface area contributed by atoms with Gasteiger partial charge in [-0.1, -0.05) is 6.92 Å². The summed E-state index contributed by atoms with van der Waals surface area (Å²) in [5.41, 5.74) is 0.662. The average molecular weight is 658 g/mol. The number of carbonyl (C=O) groups excluding carboxylic acids is 3. The first kappa shape index (κ1) is 34.9. The predicted molar refractivity (Wildman–Crippen MR) is 171 cm³/mol. The minimum atomic E-state index is -4.50. The zero-order valence-corrected chi connectivity index (χ0v) is 26.4. The second-order valence-corrected chi connectivity index (χ2v) is 11.4. The molecule has 0 bridgehead atoms. The van der Waals surface area contributed by atoms with Crippen LogP contribution in [0, 0.1) is 5.92 Å². The van der Waals surface area contributed by atoms with E-state index in [4.69, 9.17) is 9.47 Å². The van der Waals surface area contributed by atoms with E-state index in [2.05, 4.69) is 16.0 Å². The van der Waals surface area contributed by atoms with Gasteiger partial charge in [0.15, 0.2) is 0 Å². The fourth-order valence-electron chi connectivity index (χ4n) is 5.01. The summed E-state index contributed by atoms with van der Waals surface area (Å²) < 4.78 is 50.2. The van der Waals surface area contributed by atoms with Gasteiger partial charge in [-0.25, -0.2) is 9.59 Å². The van der Waals surface area contributed by atoms with Crippen molar-refractivity contribution in [1.29, 1.82) is 0 Å². The Labute approximate surface area is 270 Å². The number of aliphatic hydroxyl groups is 1. The monoisotopic (exact) mass is 657 g/mol. The number of methoxy groups -OCH3 is 1. The standard InChI is InChI=1S/C33H38F3N5O6/c1-20-17-41(21(2)19-42)30(43)16-22-15-26(38-31(44)37-24-7-5-23(6-8-24)33(34,35)36)11-14-28(22)47-29(20)18-40(3)32(45)39-25-9-12-27(46-4)13-10-25/h5-15,20-21,29,42H,16-19H2,1-4H3,(H,39,45)(H2,37,38,44)/t20-,21-,29-/m1/s1. The van der Waals surface area contributed by atoms with Crippen LogP contribution in [0.2, 0.25) is 0 Å². The van der Waals surface area contributed by atoms with Gasteiger partial charge >= 0.3 is 18.2 Å². The highest BCUT2D eigenvalue weighted by Crippen LogP contribution is 2.31. The van der Waals surface area contributed by atoms with E-state index in [0.29, 0.717) is 28.4 Å². The molecule has 0 aromatic heterocycles. The van der Waals surface area contributed by atoms with Crippen molar-refractivity contribution in [2.45, 2.75) is 38.6 Å². The van der Waals surface area contributed by atoms with E-state index in [0.717, 1.165) is 24.3 Å². The van der Waals surface area contributed by atoms with Crippen molar-refractivity contribution in [2.75, 3.05) is 49.8 Å². The van der Waals surface area contributed by atoms with Gasteiger partial charge in [0.25, 0.3) is 0 Å². The summed E-state index contributed by atoms with van der Waals surface area (Å²) >= 11 is 0. The van der Waals surface area contributed by atoms with Crippen molar-refractivity contribution in [2.24, 2.45) is 5.92 Å². The Balaban J connectivity index is 1.52. The van der Waals surface area contributed by atoms with Crippen LogP contribution in [-0.2, 0) is 17.4 Å². The third-order valence-electron chi connectivity index (χ3n) is 7.79. The van der Waals surface area contributed by atoms with Crippen LogP contribution in [0.3, 0.4) is 0 Å². The highest BCUT2D eigenvalue weighted by Gasteiger charge is 2.32. The van der Waals surface area contributed by atoms with Gasteiger partial charge in [-0.15, -0.1) is 0 Å². The van der Waals surface area contributed by atoms with Gasteiger partial charge < -0.3 is 40.3 Å². The van der Waals surface area contributed by atoms with E-state index in [9.17, 15) is 32.7 Å². The van der Waals surface area contributed by atoms with Gasteiger partial charge in [0.2, 0.25) is 5.91 Å². The van der Waals surface area contributed by atoms with Crippen LogP contribution in [0.15, 0.2) is 66.7 Å². The molecule has 47 heavy (non-hydrogen) atoms. The van der Waals surface area contributed by atoms with Crippen LogP contribution < -0.4 is 25.4 Å². The number of nitrogens with one attached hydrogen (secondary N) is 3. The lowest BCUT2D eigenvalue weighted by Gasteiger charge is -2.34. The normalized spacial score (nSPS) is 17.2. The van der Waals surface area contributed by atoms with Crippen LogP contribution in [0.1, 0.15) is 25.0 Å². The van der Waals surface area contributed by atoms with Gasteiger partial charge in [0.1, 0.15) is 17.6 Å². The molecular weight excluding hydrogens is 619 g/mol. The highest BCUT2D eigenvalue weighted by molar-refractivity contribution is 6.00. The Hall–Kier alpha value is -4.98. The van der Waals surface area contributed by atoms with Crippen molar-refractivity contribution in [3.63, 3.8) is 0 Å². The fraction of sp³-hybridized carbons (Fsp3) is 0.364. The average Bonchev–Trinajstić information content (AvgIpc) is 3.08. The van der Waals surface area contributed by atoms with E-state index in [1.165, 1.54) is 4.90 Å². The molecule has 1 aliphatic heterocycles. The number of likely N-dealkylation sites (N-methyl/N-ethyl adjacent to an activating group) is 1. The number of urea groups is 2. The molecule has 1 aliphatic rings. The van der Waals surface area contributed by atoms with Crippen LogP contribution in [0.5, 0.6) is 11.5 Å². The van der Waals surface area contributed by atoms with E-state index in [-0.39, 0.29) is 49.7 Å². The number of rotatable bonds is 8. The maximum Gasteiger partial charge on any atom is 0.416 e. The predicted octanol–water partition coefficient (Wildman–Crippen LogP) is 5.67. The summed E-state index contributed by atoms with van der Waals surface area (Å²) in [6.07, 6.45) is -5.16. The number of anilines is 3. The third-order valence-corrected chi connectivity index (χ3v) is 7.79. The molecular formula is C33H38F3N5O6. The molecule has 1 heterocycles. The Kier molecular flexibility index (Phi) is 11.2. The molecule has 0 unspecified atom stereocenters. The number of nitrogens with zero attached hydrogens (tertiary/aromatic N) is 2. The number of halogens is 3. The molecule has 0 radical (unpaired) electrons. The molecule has 3 aromatic rings. The zero-order chi connectivity index (χ0) is 34.3. The number of ether oxygens (including phenoxy) is 2. The summed E-state index contributed by atoms with van der Waals surface area (Å²) in [6.45, 7) is 3.79. The Morgan fingerprint density at radius 1 is 1.02 bits per heavy atom. The highest BCUT2D eigenvalue weighted by atomic mass is 19.4. The van der Waals surface area contributed by atoms with Crippen LogP contribution in [-0.4, -0.2) is 78.9 Å². The van der Waals surface area contributed by atoms with Crippen LogP contribution >= 0.6 is 0 Å². The number of hydrogen-bond donors (Lipinski definition) is 4. The molecule has 3 aromatic carbocycles. The Morgan fingerprint density at radius 2 is 1.62 bits per heavy atom. The maximum atomic E-state index is 13.5. The second kappa shape index (κ2) is 15.1. The molecule has 0 saturated heterocycles. The molecule has 11 nitrogen and oxygen atoms in total. The minimum Gasteiger partial charge on any atom is -0.497 e. The SMILES string of the molecule is COc1ccc(NC(=O)N(C)C[C@H]2Oc3ccc(NC(=O)Nc4ccc(C(F)(F)F)cc4)cc3CC(=O)N([C@H](C)CO)C[C@H]2C)cc1. The first-order chi connectivity index (χ1) is 22.3. The molecule has 14 heteroatoms. The third kappa shape index (κ3) is 9.28. The molecule has 0 spiro atoms. The molecule has 3 atom stereocenters. The largest absolute Gasteiger partial charge is 0.497 e. The van der Waals surface area contributed by atoms with Crippen molar-refractivity contribution in [1.82, 2.24) is 9.80 Å². The lowest BCUT2D eigenvalue weighted by molar-refractivity contribution is -0.137. The molecule has 4 N–H and O–H groups in total. The Bertz CT molecular complexity index is 1550. The molecule has 0 fully saturated rings. The first-order valence-corrected chi connectivity index (χ1v) is 14.9. The first-order valence-electron chi connectivity index (χ1n) is 14.9. The summed E-state index contributed by atoms with van der Waals surface area (Å²) in [6, 6.07) is 14.1.